The average molecular weight is 1920 g/mol. The summed E-state index contributed by atoms with van der Waals surface area (Å²) in [6.07, 6.45) is 2.14. The molecule has 2 spiro atoms. The number of hydrogen-bond donors (Lipinski definition) is 5. The summed E-state index contributed by atoms with van der Waals surface area (Å²) in [6, 6.07) is 6.39. The Morgan fingerprint density at radius 2 is 0.933 bits per heavy atom. The lowest BCUT2D eigenvalue weighted by atomic mass is 9.71. The molecule has 8 bridgehead atoms. The topological polar surface area (TPSA) is 420 Å². The van der Waals surface area contributed by atoms with Crippen LogP contribution in [0.2, 0.25) is 0 Å². The zero-order valence-electron chi connectivity index (χ0n) is 77.3. The van der Waals surface area contributed by atoms with Crippen LogP contribution in [0.1, 0.15) is 233 Å². The summed E-state index contributed by atoms with van der Waals surface area (Å²) >= 11 is 7.64. The zero-order chi connectivity index (χ0) is 95.6. The van der Waals surface area contributed by atoms with Crippen LogP contribution in [0.4, 0.5) is 9.59 Å². The van der Waals surface area contributed by atoms with Crippen molar-refractivity contribution in [2.24, 2.45) is 0 Å². The number of esters is 5. The number of nitriles is 2. The summed E-state index contributed by atoms with van der Waals surface area (Å²) in [5.41, 5.74) is 4.54. The molecule has 724 valence electrons. The summed E-state index contributed by atoms with van der Waals surface area (Å²) < 4.78 is 90.9. The molecule has 2 unspecified atom stereocenters. The van der Waals surface area contributed by atoms with E-state index in [-0.39, 0.29) is 135 Å². The van der Waals surface area contributed by atoms with E-state index in [1.54, 1.807) is 89.5 Å². The molecule has 0 radical (unpaired) electrons. The number of piperazine rings is 2. The predicted octanol–water partition coefficient (Wildman–Crippen LogP) is 14.4. The second kappa shape index (κ2) is 38.2. The molecule has 0 aliphatic carbocycles. The monoisotopic (exact) mass is 1920 g/mol. The highest BCUT2D eigenvalue weighted by Gasteiger charge is 2.67. The zero-order valence-corrected chi connectivity index (χ0v) is 79.7. The number of rotatable bonds is 11. The van der Waals surface area contributed by atoms with E-state index in [0.29, 0.717) is 129 Å². The number of thioether (sulfide) groups is 2. The van der Waals surface area contributed by atoms with E-state index in [1.165, 1.54) is 65.8 Å². The number of fused-ring (bicyclic) bond motifs is 18. The molecule has 0 aromatic heterocycles. The minimum atomic E-state index is -1.52. The van der Waals surface area contributed by atoms with Gasteiger partial charge in [-0.25, -0.2) is 19.2 Å². The molecule has 37 heteroatoms. The fraction of sp³-hybridized carbons (Fsp3) is 0.531. The Labute approximate surface area is 797 Å². The Bertz CT molecular complexity index is 5910. The molecule has 135 heavy (non-hydrogen) atoms. The molecule has 14 aliphatic heterocycles. The van der Waals surface area contributed by atoms with E-state index < -0.39 is 135 Å². The van der Waals surface area contributed by atoms with Crippen LogP contribution in [-0.4, -0.2) is 209 Å². The van der Waals surface area contributed by atoms with Crippen LogP contribution in [0.15, 0.2) is 36.4 Å². The van der Waals surface area contributed by atoms with Crippen molar-refractivity contribution in [3.8, 4) is 92.6 Å². The quantitative estimate of drug-likeness (QED) is 0.0348. The second-order valence-corrected chi connectivity index (χ2v) is 39.6. The van der Waals surface area contributed by atoms with Gasteiger partial charge in [0.2, 0.25) is 18.8 Å². The fourth-order valence-corrected chi connectivity index (χ4v) is 25.2. The number of aryl methyl sites for hydroxylation is 2. The standard InChI is InChI=1S/C48H54N4O13S.C44H48N4O12S.C4H7ClO.2CH4/c1-10-11-33(54)64-32-16-25-12-13-50-48(27(25)17-31(32)58-8)20-66-44-36-35(43-42(61-21-62-43)23(3)41(36)63-24(4)53)30(19-60-45(48)56)51-29(18-49)28-15-26-14-22(2)40(59-9)39(55)34(26)37(38(44)51)52(28)46(57)65-47(5,6)7;1-19-11-23-12-25-26(15-45)47-27-16-56-41(52)44(24-14-29(54-7)28(50)13-22(24)9-10-46-44)17-61-40(32-31(27)39-38(57-18-58-39)20(2)37(32)59-21(3)49)34(47)33(30(23)35(51)36(19)55-8)48(25)42(53)60-43(4,5)6;1-2-3-4(5)6;;/h14,16-17,28-30,37-38,44,50,55H,10-13,15,19-21H2,1-9H3;11,13-14,25-27,33-34,40,46,50-51H,9-10,12,16-18H2,1-8H3;2-3H2,1H3;2*1H4/t28-,29-,30-,37+,38?,44+,48+;25-,26-,27-,33+,34?,40+,44+;;;/m00.../s1. The van der Waals surface area contributed by atoms with Gasteiger partial charge in [-0.05, 0) is 188 Å². The van der Waals surface area contributed by atoms with E-state index in [2.05, 4.69) is 22.8 Å². The molecular weight excluding hydrogens is 1800 g/mol. The lowest BCUT2D eigenvalue weighted by Gasteiger charge is -2.62. The largest absolute Gasteiger partial charge is 0.504 e. The molecule has 5 N–H and O–H groups in total. The Kier molecular flexibility index (Phi) is 28.2. The van der Waals surface area contributed by atoms with Gasteiger partial charge in [0.25, 0.3) is 0 Å². The van der Waals surface area contributed by atoms with Crippen LogP contribution in [0, 0.1) is 50.4 Å². The lowest BCUT2D eigenvalue weighted by molar-refractivity contribution is -0.158. The third-order valence-corrected chi connectivity index (χ3v) is 29.7. The number of halogens is 1. The number of phenols is 3. The molecule has 20 rings (SSSR count). The van der Waals surface area contributed by atoms with E-state index in [9.17, 15) is 59.4 Å². The third-order valence-electron chi connectivity index (χ3n) is 26.6. The maximum absolute atomic E-state index is 15.2. The van der Waals surface area contributed by atoms with Crippen LogP contribution in [0.3, 0.4) is 0 Å². The number of aromatic hydroxyl groups is 3. The molecule has 4 saturated heterocycles. The van der Waals surface area contributed by atoms with Gasteiger partial charge in [0.05, 0.1) is 99.4 Å². The number of carbonyl (C=O) groups excluding carboxylic acids is 8. The van der Waals surface area contributed by atoms with Crippen LogP contribution < -0.4 is 62.7 Å². The highest BCUT2D eigenvalue weighted by Crippen LogP contribution is 2.69. The van der Waals surface area contributed by atoms with Gasteiger partial charge in [-0.1, -0.05) is 40.8 Å². The summed E-state index contributed by atoms with van der Waals surface area (Å²) in [7, 11) is 5.83. The average Bonchev–Trinajstić information content (AvgIpc) is 1.56. The van der Waals surface area contributed by atoms with Crippen molar-refractivity contribution in [2.75, 3.05) is 79.8 Å². The minimum absolute atomic E-state index is 0. The van der Waals surface area contributed by atoms with Gasteiger partial charge in [-0.15, -0.1) is 23.5 Å². The van der Waals surface area contributed by atoms with Gasteiger partial charge < -0.3 is 86.4 Å². The highest BCUT2D eigenvalue weighted by atomic mass is 35.5. The van der Waals surface area contributed by atoms with Crippen molar-refractivity contribution in [3.63, 3.8) is 0 Å². The number of nitrogens with zero attached hydrogens (tertiary/aromatic N) is 6. The molecule has 14 heterocycles. The first-order valence-corrected chi connectivity index (χ1v) is 46.8. The maximum Gasteiger partial charge on any atom is 0.411 e. The summed E-state index contributed by atoms with van der Waals surface area (Å²) in [5, 5.41) is 63.5. The molecule has 6 aromatic carbocycles. The number of methoxy groups -OCH3 is 4. The van der Waals surface area contributed by atoms with E-state index >= 15 is 4.79 Å². The number of nitrogens with one attached hydrogen (secondary N) is 2. The number of ether oxygens (including phenoxy) is 15. The van der Waals surface area contributed by atoms with Gasteiger partial charge in [0.1, 0.15) is 48.0 Å². The Morgan fingerprint density at radius 1 is 0.526 bits per heavy atom. The molecule has 4 fully saturated rings. The van der Waals surface area contributed by atoms with Crippen molar-refractivity contribution >= 4 is 82.4 Å². The Hall–Kier alpha value is -11.5. The Balaban J connectivity index is 0.000000202. The number of benzene rings is 6. The molecule has 14 atom stereocenters. The SMILES string of the molecule is C.C.CCCC(=O)Cl.CCCC(=O)Oc1cc2c(cc1OC)[C@@]1(CS[C@@H]3c4c(OC(C)=O)c(C)c5c(c4[C@H](COC1=O)N1C3[C@H]3c4c(cc(C)c(OC)c4O)C[C@@H]([C@@H]1C#N)N3C(=O)OC(C)(C)C)OCO5)NCC2.COc1cc2c(cc1O)CCN[C@]21CS[C@@H]2c3c(OC(C)=O)c(C)c4c(c3[C@H](COC1=O)N1C2[C@H]2c3c(cc(C)c(OC)c3O)C[C@@H]([C@@H]1C#N)N2C(=O)OC(C)(C)C)OCO4. The van der Waals surface area contributed by atoms with Gasteiger partial charge in [-0.3, -0.25) is 49.4 Å². The predicted molar refractivity (Wildman–Crippen MR) is 495 cm³/mol. The molecule has 14 aliphatic rings. The first-order chi connectivity index (χ1) is 63.3. The van der Waals surface area contributed by atoms with Crippen molar-refractivity contribution in [3.05, 3.63) is 125 Å². The maximum atomic E-state index is 15.2. The van der Waals surface area contributed by atoms with E-state index in [4.69, 9.17) is 82.7 Å². The lowest BCUT2D eigenvalue weighted by Crippen LogP contribution is -2.71. The first-order valence-electron chi connectivity index (χ1n) is 44.3. The van der Waals surface area contributed by atoms with Crippen LogP contribution in [0.5, 0.6) is 80.5 Å². The van der Waals surface area contributed by atoms with Gasteiger partial charge in [0.15, 0.2) is 80.1 Å². The van der Waals surface area contributed by atoms with Crippen LogP contribution in [-0.2, 0) is 84.5 Å². The van der Waals surface area contributed by atoms with E-state index in [0.717, 1.165) is 28.7 Å². The van der Waals surface area contributed by atoms with Crippen LogP contribution in [0.25, 0.3) is 0 Å². The minimum Gasteiger partial charge on any atom is -0.504 e. The summed E-state index contributed by atoms with van der Waals surface area (Å²) in [6.45, 7) is 24.0. The van der Waals surface area contributed by atoms with Crippen molar-refractivity contribution in [2.45, 2.75) is 256 Å². The number of hydrogen-bond acceptors (Lipinski definition) is 34. The van der Waals surface area contributed by atoms with Gasteiger partial charge >= 0.3 is 42.0 Å². The van der Waals surface area contributed by atoms with Gasteiger partial charge in [-0.2, -0.15) is 10.5 Å². The number of phenolic OH excluding ortho intramolecular Hbond substituents is 3. The summed E-state index contributed by atoms with van der Waals surface area (Å²) in [5.74, 6) is -0.115. The molecule has 6 aromatic rings. The second-order valence-electron chi connectivity index (χ2n) is 36.9. The highest BCUT2D eigenvalue weighted by molar-refractivity contribution is 7.99. The molecule has 0 saturated carbocycles. The van der Waals surface area contributed by atoms with Crippen molar-refractivity contribution in [1.29, 1.82) is 10.5 Å². The summed E-state index contributed by atoms with van der Waals surface area (Å²) in [4.78, 5) is 116. The Morgan fingerprint density at radius 3 is 1.30 bits per heavy atom. The molecular formula is C98H117ClN8O26S2. The van der Waals surface area contributed by atoms with E-state index in [1.807, 2.05) is 49.6 Å². The third kappa shape index (κ3) is 16.9. The van der Waals surface area contributed by atoms with Crippen molar-refractivity contribution < 1.29 is 125 Å². The number of amides is 2. The van der Waals surface area contributed by atoms with Gasteiger partial charge in [0, 0.05) is 95.8 Å². The smallest absolute Gasteiger partial charge is 0.411 e. The normalized spacial score (nSPS) is 25.3. The molecule has 2 amide bonds. The fourth-order valence-electron chi connectivity index (χ4n) is 21.6. The van der Waals surface area contributed by atoms with Crippen LogP contribution >= 0.6 is 35.1 Å². The first kappa shape index (κ1) is 99.5. The number of carbonyl (C=O) groups is 8. The van der Waals surface area contributed by atoms with Crippen molar-refractivity contribution in [1.82, 2.24) is 30.2 Å². The molecule has 34 nitrogen and oxygen atoms in total.